The van der Waals surface area contributed by atoms with Gasteiger partial charge in [0.1, 0.15) is 0 Å². The molecule has 0 aromatic heterocycles. The molecule has 1 unspecified atom stereocenters. The van der Waals surface area contributed by atoms with Gasteiger partial charge in [0, 0.05) is 31.4 Å². The standard InChI is InChI=1S/C18H22N2/c1-2-20-14-17(12-15-8-4-3-5-9-15)19-13-16-10-6-7-11-18(16)20/h3-11,17,19H,2,12-14H2,1H3. The Hall–Kier alpha value is -1.80. The molecule has 2 aromatic rings. The third kappa shape index (κ3) is 2.86. The Bertz CT molecular complexity index is 550. The average Bonchev–Trinajstić information content (AvgIpc) is 2.68. The number of nitrogens with zero attached hydrogens (tertiary/aromatic N) is 1. The summed E-state index contributed by atoms with van der Waals surface area (Å²) in [6.07, 6.45) is 1.09. The molecule has 2 nitrogen and oxygen atoms in total. The van der Waals surface area contributed by atoms with Gasteiger partial charge in [-0.25, -0.2) is 0 Å². The van der Waals surface area contributed by atoms with E-state index in [9.17, 15) is 0 Å². The van der Waals surface area contributed by atoms with Crippen LogP contribution in [0.15, 0.2) is 54.6 Å². The smallest absolute Gasteiger partial charge is 0.0412 e. The fourth-order valence-corrected chi connectivity index (χ4v) is 2.99. The predicted octanol–water partition coefficient (Wildman–Crippen LogP) is 3.23. The van der Waals surface area contributed by atoms with Crippen LogP contribution in [0.1, 0.15) is 18.1 Å². The van der Waals surface area contributed by atoms with Crippen molar-refractivity contribution >= 4 is 5.69 Å². The SMILES string of the molecule is CCN1CC(Cc2ccccc2)NCc2ccccc21. The maximum atomic E-state index is 3.71. The number of likely N-dealkylation sites (N-methyl/N-ethyl adjacent to an activating group) is 1. The van der Waals surface area contributed by atoms with Crippen LogP contribution in [0.3, 0.4) is 0 Å². The highest BCUT2D eigenvalue weighted by Crippen LogP contribution is 2.23. The first-order valence-electron chi connectivity index (χ1n) is 7.47. The lowest BCUT2D eigenvalue weighted by atomic mass is 10.1. The van der Waals surface area contributed by atoms with Gasteiger partial charge < -0.3 is 10.2 Å². The van der Waals surface area contributed by atoms with E-state index >= 15 is 0 Å². The molecule has 0 saturated heterocycles. The molecular formula is C18H22N2. The zero-order chi connectivity index (χ0) is 13.8. The van der Waals surface area contributed by atoms with Gasteiger partial charge in [0.2, 0.25) is 0 Å². The van der Waals surface area contributed by atoms with Crippen molar-refractivity contribution in [2.24, 2.45) is 0 Å². The van der Waals surface area contributed by atoms with Gasteiger partial charge in [-0.15, -0.1) is 0 Å². The molecule has 1 atom stereocenters. The zero-order valence-electron chi connectivity index (χ0n) is 12.0. The molecule has 1 aliphatic rings. The van der Waals surface area contributed by atoms with Gasteiger partial charge in [0.05, 0.1) is 0 Å². The van der Waals surface area contributed by atoms with E-state index in [2.05, 4.69) is 71.7 Å². The second kappa shape index (κ2) is 6.10. The molecular weight excluding hydrogens is 244 g/mol. The van der Waals surface area contributed by atoms with Crippen LogP contribution in [0, 0.1) is 0 Å². The first-order valence-corrected chi connectivity index (χ1v) is 7.47. The van der Waals surface area contributed by atoms with E-state index in [1.54, 1.807) is 0 Å². The molecule has 0 spiro atoms. The van der Waals surface area contributed by atoms with Gasteiger partial charge in [-0.1, -0.05) is 48.5 Å². The van der Waals surface area contributed by atoms with E-state index in [1.165, 1.54) is 16.8 Å². The quantitative estimate of drug-likeness (QED) is 0.917. The molecule has 0 amide bonds. The molecule has 20 heavy (non-hydrogen) atoms. The Morgan fingerprint density at radius 3 is 2.60 bits per heavy atom. The van der Waals surface area contributed by atoms with Crippen molar-refractivity contribution in [3.63, 3.8) is 0 Å². The van der Waals surface area contributed by atoms with Crippen LogP contribution in [0.25, 0.3) is 0 Å². The number of fused-ring (bicyclic) bond motifs is 1. The number of anilines is 1. The summed E-state index contributed by atoms with van der Waals surface area (Å²) in [4.78, 5) is 2.49. The Morgan fingerprint density at radius 1 is 1.05 bits per heavy atom. The molecule has 3 rings (SSSR count). The summed E-state index contributed by atoms with van der Waals surface area (Å²) in [5.74, 6) is 0. The van der Waals surface area contributed by atoms with E-state index in [1.807, 2.05) is 0 Å². The fourth-order valence-electron chi connectivity index (χ4n) is 2.99. The first-order chi connectivity index (χ1) is 9.86. The van der Waals surface area contributed by atoms with Crippen molar-refractivity contribution in [1.82, 2.24) is 5.32 Å². The van der Waals surface area contributed by atoms with Crippen LogP contribution in [0.5, 0.6) is 0 Å². The second-order valence-electron chi connectivity index (χ2n) is 5.43. The van der Waals surface area contributed by atoms with Gasteiger partial charge in [-0.05, 0) is 30.5 Å². The largest absolute Gasteiger partial charge is 0.370 e. The number of benzene rings is 2. The third-order valence-corrected chi connectivity index (χ3v) is 4.06. The molecule has 0 bridgehead atoms. The lowest BCUT2D eigenvalue weighted by Gasteiger charge is -2.26. The van der Waals surface area contributed by atoms with Crippen LogP contribution in [-0.4, -0.2) is 19.1 Å². The Kier molecular flexibility index (Phi) is 4.03. The van der Waals surface area contributed by atoms with Crippen LogP contribution in [0.4, 0.5) is 5.69 Å². The summed E-state index contributed by atoms with van der Waals surface area (Å²) >= 11 is 0. The Balaban J connectivity index is 1.78. The van der Waals surface area contributed by atoms with Gasteiger partial charge in [0.15, 0.2) is 0 Å². The topological polar surface area (TPSA) is 15.3 Å². The van der Waals surface area contributed by atoms with Crippen molar-refractivity contribution in [3.05, 3.63) is 65.7 Å². The minimum Gasteiger partial charge on any atom is -0.370 e. The molecule has 0 radical (unpaired) electrons. The van der Waals surface area contributed by atoms with Crippen LogP contribution >= 0.6 is 0 Å². The zero-order valence-corrected chi connectivity index (χ0v) is 12.0. The number of para-hydroxylation sites is 1. The Labute approximate surface area is 121 Å². The first kappa shape index (κ1) is 13.2. The lowest BCUT2D eigenvalue weighted by molar-refractivity contribution is 0.515. The second-order valence-corrected chi connectivity index (χ2v) is 5.43. The number of rotatable bonds is 3. The fraction of sp³-hybridized carbons (Fsp3) is 0.333. The minimum absolute atomic E-state index is 0.504. The molecule has 104 valence electrons. The summed E-state index contributed by atoms with van der Waals surface area (Å²) in [7, 11) is 0. The molecule has 0 aliphatic carbocycles. The molecule has 2 heteroatoms. The molecule has 1 aliphatic heterocycles. The van der Waals surface area contributed by atoms with Crippen molar-refractivity contribution in [1.29, 1.82) is 0 Å². The number of hydrogen-bond donors (Lipinski definition) is 1. The van der Waals surface area contributed by atoms with E-state index in [4.69, 9.17) is 0 Å². The number of hydrogen-bond acceptors (Lipinski definition) is 2. The van der Waals surface area contributed by atoms with Crippen LogP contribution in [-0.2, 0) is 13.0 Å². The van der Waals surface area contributed by atoms with Crippen molar-refractivity contribution in [2.75, 3.05) is 18.0 Å². The van der Waals surface area contributed by atoms with Crippen molar-refractivity contribution in [2.45, 2.75) is 25.9 Å². The van der Waals surface area contributed by atoms with Crippen molar-refractivity contribution < 1.29 is 0 Å². The highest BCUT2D eigenvalue weighted by atomic mass is 15.2. The van der Waals surface area contributed by atoms with Crippen LogP contribution in [0.2, 0.25) is 0 Å². The third-order valence-electron chi connectivity index (χ3n) is 4.06. The maximum absolute atomic E-state index is 3.71. The van der Waals surface area contributed by atoms with E-state index < -0.39 is 0 Å². The lowest BCUT2D eigenvalue weighted by Crippen LogP contribution is -2.39. The summed E-state index contributed by atoms with van der Waals surface area (Å²) in [6.45, 7) is 5.33. The van der Waals surface area contributed by atoms with Gasteiger partial charge in [-0.2, -0.15) is 0 Å². The summed E-state index contributed by atoms with van der Waals surface area (Å²) < 4.78 is 0. The minimum atomic E-state index is 0.504. The number of nitrogens with one attached hydrogen (secondary N) is 1. The van der Waals surface area contributed by atoms with Gasteiger partial charge in [0.25, 0.3) is 0 Å². The highest BCUT2D eigenvalue weighted by molar-refractivity contribution is 5.54. The predicted molar refractivity (Wildman–Crippen MR) is 85.1 cm³/mol. The van der Waals surface area contributed by atoms with E-state index in [-0.39, 0.29) is 0 Å². The summed E-state index contributed by atoms with van der Waals surface area (Å²) in [5, 5.41) is 3.71. The van der Waals surface area contributed by atoms with Gasteiger partial charge in [-0.3, -0.25) is 0 Å². The van der Waals surface area contributed by atoms with Gasteiger partial charge >= 0.3 is 0 Å². The van der Waals surface area contributed by atoms with Crippen molar-refractivity contribution in [3.8, 4) is 0 Å². The molecule has 0 fully saturated rings. The highest BCUT2D eigenvalue weighted by Gasteiger charge is 2.20. The molecule has 1 heterocycles. The van der Waals surface area contributed by atoms with E-state index in [0.29, 0.717) is 6.04 Å². The monoisotopic (exact) mass is 266 g/mol. The Morgan fingerprint density at radius 2 is 1.80 bits per heavy atom. The molecule has 0 saturated carbocycles. The maximum Gasteiger partial charge on any atom is 0.0412 e. The van der Waals surface area contributed by atoms with Crippen LogP contribution < -0.4 is 10.2 Å². The normalized spacial score (nSPS) is 18.4. The average molecular weight is 266 g/mol. The van der Waals surface area contributed by atoms with E-state index in [0.717, 1.165) is 26.1 Å². The molecule has 2 aromatic carbocycles. The summed E-state index contributed by atoms with van der Waals surface area (Å²) in [6, 6.07) is 20.0. The molecule has 1 N–H and O–H groups in total. The summed E-state index contributed by atoms with van der Waals surface area (Å²) in [5.41, 5.74) is 4.20.